The maximum absolute atomic E-state index is 12.5. The van der Waals surface area contributed by atoms with Crippen molar-refractivity contribution in [2.24, 2.45) is 5.92 Å². The maximum atomic E-state index is 12.5. The SMILES string of the molecule is CCOCCCNC(=O)C1CCN(C(C)C(=O)NC2CCCCC2)CC1. The highest BCUT2D eigenvalue weighted by Crippen LogP contribution is 2.21. The van der Waals surface area contributed by atoms with Crippen molar-refractivity contribution < 1.29 is 14.3 Å². The minimum Gasteiger partial charge on any atom is -0.382 e. The third-order valence-electron chi connectivity index (χ3n) is 5.75. The van der Waals surface area contributed by atoms with Crippen LogP contribution in [0.3, 0.4) is 0 Å². The molecule has 0 bridgehead atoms. The van der Waals surface area contributed by atoms with E-state index in [9.17, 15) is 9.59 Å². The van der Waals surface area contributed by atoms with Gasteiger partial charge in [-0.15, -0.1) is 0 Å². The number of carbonyl (C=O) groups excluding carboxylic acids is 2. The monoisotopic (exact) mass is 367 g/mol. The Morgan fingerprint density at radius 2 is 1.81 bits per heavy atom. The standard InChI is InChI=1S/C20H37N3O3/c1-3-26-15-7-12-21-20(25)17-10-13-23(14-11-17)16(2)19(24)22-18-8-5-4-6-9-18/h16-18H,3-15H2,1-2H3,(H,21,25)(H,22,24). The first-order valence-electron chi connectivity index (χ1n) is 10.5. The van der Waals surface area contributed by atoms with E-state index in [0.717, 1.165) is 51.8 Å². The number of hydrogen-bond donors (Lipinski definition) is 2. The molecule has 1 unspecified atom stereocenters. The molecule has 150 valence electrons. The molecule has 1 heterocycles. The van der Waals surface area contributed by atoms with Gasteiger partial charge in [0.2, 0.25) is 11.8 Å². The molecule has 1 saturated heterocycles. The quantitative estimate of drug-likeness (QED) is 0.612. The predicted octanol–water partition coefficient (Wildman–Crippen LogP) is 2.08. The Labute approximate surface area is 158 Å². The summed E-state index contributed by atoms with van der Waals surface area (Å²) in [4.78, 5) is 27.0. The molecule has 2 rings (SSSR count). The van der Waals surface area contributed by atoms with Crippen LogP contribution in [0.15, 0.2) is 0 Å². The molecule has 0 aromatic rings. The van der Waals surface area contributed by atoms with Crippen LogP contribution >= 0.6 is 0 Å². The second-order valence-electron chi connectivity index (χ2n) is 7.67. The summed E-state index contributed by atoms with van der Waals surface area (Å²) in [6, 6.07) is 0.255. The molecule has 0 radical (unpaired) electrons. The zero-order valence-corrected chi connectivity index (χ0v) is 16.6. The van der Waals surface area contributed by atoms with E-state index >= 15 is 0 Å². The highest BCUT2D eigenvalue weighted by atomic mass is 16.5. The van der Waals surface area contributed by atoms with E-state index in [1.807, 2.05) is 13.8 Å². The number of ether oxygens (including phenoxy) is 1. The van der Waals surface area contributed by atoms with Crippen molar-refractivity contribution in [3.63, 3.8) is 0 Å². The number of likely N-dealkylation sites (tertiary alicyclic amines) is 1. The number of nitrogens with zero attached hydrogens (tertiary/aromatic N) is 1. The Bertz CT molecular complexity index is 430. The summed E-state index contributed by atoms with van der Waals surface area (Å²) in [5, 5.41) is 6.24. The molecule has 1 atom stereocenters. The molecular weight excluding hydrogens is 330 g/mol. The summed E-state index contributed by atoms with van der Waals surface area (Å²) < 4.78 is 5.28. The van der Waals surface area contributed by atoms with Crippen LogP contribution in [0.1, 0.15) is 65.2 Å². The van der Waals surface area contributed by atoms with Crippen LogP contribution in [0, 0.1) is 5.92 Å². The van der Waals surface area contributed by atoms with Crippen molar-refractivity contribution >= 4 is 11.8 Å². The van der Waals surface area contributed by atoms with Crippen molar-refractivity contribution in [1.82, 2.24) is 15.5 Å². The average Bonchev–Trinajstić information content (AvgIpc) is 2.68. The number of rotatable bonds is 9. The molecule has 26 heavy (non-hydrogen) atoms. The largest absolute Gasteiger partial charge is 0.382 e. The molecule has 6 heteroatoms. The molecule has 2 amide bonds. The summed E-state index contributed by atoms with van der Waals surface area (Å²) in [5.74, 6) is 0.378. The van der Waals surface area contributed by atoms with Gasteiger partial charge in [0.1, 0.15) is 0 Å². The fraction of sp³-hybridized carbons (Fsp3) is 0.900. The fourth-order valence-electron chi connectivity index (χ4n) is 3.96. The van der Waals surface area contributed by atoms with Crippen LogP contribution in [0.4, 0.5) is 0 Å². The average molecular weight is 368 g/mol. The van der Waals surface area contributed by atoms with E-state index < -0.39 is 0 Å². The lowest BCUT2D eigenvalue weighted by atomic mass is 9.94. The van der Waals surface area contributed by atoms with Gasteiger partial charge in [0.15, 0.2) is 0 Å². The third kappa shape index (κ3) is 6.88. The van der Waals surface area contributed by atoms with Crippen molar-refractivity contribution in [2.75, 3.05) is 32.8 Å². The van der Waals surface area contributed by atoms with Crippen LogP contribution in [0.5, 0.6) is 0 Å². The normalized spacial score (nSPS) is 21.3. The highest BCUT2D eigenvalue weighted by molar-refractivity contribution is 5.82. The minimum atomic E-state index is -0.105. The maximum Gasteiger partial charge on any atom is 0.237 e. The molecule has 6 nitrogen and oxygen atoms in total. The molecular formula is C20H37N3O3. The summed E-state index contributed by atoms with van der Waals surface area (Å²) in [7, 11) is 0. The van der Waals surface area contributed by atoms with E-state index in [4.69, 9.17) is 4.74 Å². The zero-order chi connectivity index (χ0) is 18.8. The van der Waals surface area contributed by atoms with Crippen LogP contribution in [-0.4, -0.2) is 61.6 Å². The number of piperidine rings is 1. The number of nitrogens with one attached hydrogen (secondary N) is 2. The van der Waals surface area contributed by atoms with E-state index in [1.54, 1.807) is 0 Å². The highest BCUT2D eigenvalue weighted by Gasteiger charge is 2.30. The molecule has 2 fully saturated rings. The van der Waals surface area contributed by atoms with Gasteiger partial charge in [-0.3, -0.25) is 14.5 Å². The summed E-state index contributed by atoms with van der Waals surface area (Å²) in [6.45, 7) is 7.70. The third-order valence-corrected chi connectivity index (χ3v) is 5.75. The van der Waals surface area contributed by atoms with E-state index in [2.05, 4.69) is 15.5 Å². The molecule has 2 N–H and O–H groups in total. The molecule has 1 saturated carbocycles. The van der Waals surface area contributed by atoms with Gasteiger partial charge in [0, 0.05) is 31.7 Å². The summed E-state index contributed by atoms with van der Waals surface area (Å²) in [6.07, 6.45) is 8.50. The lowest BCUT2D eigenvalue weighted by molar-refractivity contribution is -0.129. The molecule has 1 aliphatic heterocycles. The second-order valence-corrected chi connectivity index (χ2v) is 7.67. The van der Waals surface area contributed by atoms with Gasteiger partial charge in [-0.25, -0.2) is 0 Å². The van der Waals surface area contributed by atoms with Crippen LogP contribution < -0.4 is 10.6 Å². The fourth-order valence-corrected chi connectivity index (χ4v) is 3.96. The predicted molar refractivity (Wildman–Crippen MR) is 103 cm³/mol. The summed E-state index contributed by atoms with van der Waals surface area (Å²) >= 11 is 0. The Kier molecular flexibility index (Phi) is 9.40. The van der Waals surface area contributed by atoms with Gasteiger partial charge < -0.3 is 15.4 Å². The van der Waals surface area contributed by atoms with Crippen molar-refractivity contribution in [2.45, 2.75) is 77.3 Å². The number of carbonyl (C=O) groups is 2. The van der Waals surface area contributed by atoms with Gasteiger partial charge >= 0.3 is 0 Å². The molecule has 0 aromatic heterocycles. The summed E-state index contributed by atoms with van der Waals surface area (Å²) in [5.41, 5.74) is 0. The Morgan fingerprint density at radius 1 is 1.12 bits per heavy atom. The van der Waals surface area contributed by atoms with Gasteiger partial charge in [0.25, 0.3) is 0 Å². The molecule has 2 aliphatic rings. The molecule has 0 spiro atoms. The van der Waals surface area contributed by atoms with E-state index in [-0.39, 0.29) is 23.8 Å². The van der Waals surface area contributed by atoms with Crippen molar-refractivity contribution in [3.05, 3.63) is 0 Å². The van der Waals surface area contributed by atoms with Crippen molar-refractivity contribution in [1.29, 1.82) is 0 Å². The van der Waals surface area contributed by atoms with Crippen molar-refractivity contribution in [3.8, 4) is 0 Å². The van der Waals surface area contributed by atoms with E-state index in [0.29, 0.717) is 19.2 Å². The first-order chi connectivity index (χ1) is 12.6. The Balaban J connectivity index is 1.64. The number of amides is 2. The first kappa shape index (κ1) is 21.2. The van der Waals surface area contributed by atoms with Gasteiger partial charge in [-0.2, -0.15) is 0 Å². The van der Waals surface area contributed by atoms with Crippen LogP contribution in [0.25, 0.3) is 0 Å². The van der Waals surface area contributed by atoms with Crippen LogP contribution in [-0.2, 0) is 14.3 Å². The Hall–Kier alpha value is -1.14. The number of hydrogen-bond acceptors (Lipinski definition) is 4. The lowest BCUT2D eigenvalue weighted by Crippen LogP contribution is -2.51. The minimum absolute atomic E-state index is 0.0759. The van der Waals surface area contributed by atoms with Gasteiger partial charge in [-0.1, -0.05) is 19.3 Å². The topological polar surface area (TPSA) is 70.7 Å². The zero-order valence-electron chi connectivity index (χ0n) is 16.6. The van der Waals surface area contributed by atoms with Crippen LogP contribution in [0.2, 0.25) is 0 Å². The molecule has 1 aliphatic carbocycles. The van der Waals surface area contributed by atoms with E-state index in [1.165, 1.54) is 19.3 Å². The Morgan fingerprint density at radius 3 is 2.46 bits per heavy atom. The van der Waals surface area contributed by atoms with Gasteiger partial charge in [-0.05, 0) is 59.0 Å². The molecule has 0 aromatic carbocycles. The first-order valence-corrected chi connectivity index (χ1v) is 10.5. The lowest BCUT2D eigenvalue weighted by Gasteiger charge is -2.35. The smallest absolute Gasteiger partial charge is 0.237 e. The van der Waals surface area contributed by atoms with Gasteiger partial charge in [0.05, 0.1) is 6.04 Å². The second kappa shape index (κ2) is 11.5.